The highest BCUT2D eigenvalue weighted by Gasteiger charge is 2.43. The van der Waals surface area contributed by atoms with Crippen molar-refractivity contribution in [2.45, 2.75) is 44.3 Å². The van der Waals surface area contributed by atoms with Crippen LogP contribution in [0.15, 0.2) is 0 Å². The highest BCUT2D eigenvalue weighted by Crippen LogP contribution is 2.39. The van der Waals surface area contributed by atoms with Gasteiger partial charge in [-0.3, -0.25) is 9.59 Å². The number of carboxylic acids is 2. The van der Waals surface area contributed by atoms with Gasteiger partial charge in [0.05, 0.1) is 12.3 Å². The van der Waals surface area contributed by atoms with Gasteiger partial charge in [-0.2, -0.15) is 13.2 Å². The summed E-state index contributed by atoms with van der Waals surface area (Å²) in [6.45, 7) is 0. The summed E-state index contributed by atoms with van der Waals surface area (Å²) in [4.78, 5) is 33.1. The molecule has 1 amide bonds. The first-order chi connectivity index (χ1) is 9.61. The Balaban J connectivity index is 2.65. The second-order valence-electron chi connectivity index (χ2n) is 5.10. The van der Waals surface area contributed by atoms with Gasteiger partial charge in [-0.25, -0.2) is 4.79 Å². The number of nitrogens with one attached hydrogen (secondary N) is 1. The maximum atomic E-state index is 12.6. The molecular weight excluding hydrogens is 295 g/mol. The second kappa shape index (κ2) is 6.77. The predicted molar refractivity (Wildman–Crippen MR) is 63.3 cm³/mol. The average molecular weight is 311 g/mol. The summed E-state index contributed by atoms with van der Waals surface area (Å²) in [5, 5.41) is 19.3. The molecule has 0 heterocycles. The van der Waals surface area contributed by atoms with E-state index in [1.807, 2.05) is 5.32 Å². The lowest BCUT2D eigenvalue weighted by Crippen LogP contribution is -2.46. The molecule has 6 nitrogen and oxygen atoms in total. The molecule has 3 N–H and O–H groups in total. The van der Waals surface area contributed by atoms with Crippen LogP contribution in [0, 0.1) is 11.8 Å². The van der Waals surface area contributed by atoms with E-state index in [-0.39, 0.29) is 19.3 Å². The van der Waals surface area contributed by atoms with Gasteiger partial charge in [0.25, 0.3) is 0 Å². The number of carbonyl (C=O) groups is 3. The second-order valence-corrected chi connectivity index (χ2v) is 5.10. The third kappa shape index (κ3) is 5.24. The molecule has 0 aromatic rings. The average Bonchev–Trinajstić information content (AvgIpc) is 2.36. The fourth-order valence-corrected chi connectivity index (χ4v) is 2.39. The summed E-state index contributed by atoms with van der Waals surface area (Å²) >= 11 is 0. The monoisotopic (exact) mass is 311 g/mol. The van der Waals surface area contributed by atoms with Gasteiger partial charge in [-0.05, 0) is 19.3 Å². The number of hydrogen-bond donors (Lipinski definition) is 3. The molecule has 1 saturated carbocycles. The van der Waals surface area contributed by atoms with Gasteiger partial charge in [0, 0.05) is 5.92 Å². The molecule has 0 bridgehead atoms. The van der Waals surface area contributed by atoms with Gasteiger partial charge in [-0.1, -0.05) is 6.42 Å². The molecule has 0 radical (unpaired) electrons. The molecule has 1 fully saturated rings. The molecule has 21 heavy (non-hydrogen) atoms. The molecular formula is C12H16F3NO5. The number of amides is 1. The van der Waals surface area contributed by atoms with Crippen LogP contribution in [0.2, 0.25) is 0 Å². The Kier molecular flexibility index (Phi) is 5.56. The fraction of sp³-hybridized carbons (Fsp3) is 0.750. The van der Waals surface area contributed by atoms with Crippen LogP contribution in [0.25, 0.3) is 0 Å². The van der Waals surface area contributed by atoms with Crippen LogP contribution in [-0.4, -0.2) is 40.3 Å². The Bertz CT molecular complexity index is 424. The van der Waals surface area contributed by atoms with Crippen LogP contribution in [0.1, 0.15) is 32.1 Å². The van der Waals surface area contributed by atoms with Crippen molar-refractivity contribution < 1.29 is 37.8 Å². The SMILES string of the molecule is O=C(O)C[C@@H](NC(=O)C1CCCC(C(F)(F)F)C1)C(=O)O. The Morgan fingerprint density at radius 1 is 1.19 bits per heavy atom. The topological polar surface area (TPSA) is 104 Å². The van der Waals surface area contributed by atoms with Gasteiger partial charge in [0.15, 0.2) is 0 Å². The van der Waals surface area contributed by atoms with Gasteiger partial charge in [0.2, 0.25) is 5.91 Å². The van der Waals surface area contributed by atoms with Crippen molar-refractivity contribution in [3.63, 3.8) is 0 Å². The maximum Gasteiger partial charge on any atom is 0.391 e. The normalized spacial score (nSPS) is 24.1. The Morgan fingerprint density at radius 2 is 1.81 bits per heavy atom. The molecule has 120 valence electrons. The molecule has 0 aliphatic heterocycles. The molecule has 1 rings (SSSR count). The van der Waals surface area contributed by atoms with E-state index >= 15 is 0 Å². The third-order valence-corrected chi connectivity index (χ3v) is 3.50. The van der Waals surface area contributed by atoms with E-state index < -0.39 is 54.7 Å². The number of rotatable bonds is 5. The summed E-state index contributed by atoms with van der Waals surface area (Å²) in [5.41, 5.74) is 0. The van der Waals surface area contributed by atoms with Crippen LogP contribution in [-0.2, 0) is 14.4 Å². The van der Waals surface area contributed by atoms with E-state index in [9.17, 15) is 27.6 Å². The quantitative estimate of drug-likeness (QED) is 0.712. The highest BCUT2D eigenvalue weighted by molar-refractivity contribution is 5.87. The van der Waals surface area contributed by atoms with Crippen LogP contribution in [0.3, 0.4) is 0 Å². The minimum absolute atomic E-state index is 0.0508. The fourth-order valence-electron chi connectivity index (χ4n) is 2.39. The molecule has 0 aromatic carbocycles. The van der Waals surface area contributed by atoms with Crippen molar-refractivity contribution in [3.05, 3.63) is 0 Å². The molecule has 0 saturated heterocycles. The summed E-state index contributed by atoms with van der Waals surface area (Å²) in [7, 11) is 0. The van der Waals surface area contributed by atoms with Crippen molar-refractivity contribution in [3.8, 4) is 0 Å². The molecule has 0 spiro atoms. The first-order valence-corrected chi connectivity index (χ1v) is 6.43. The molecule has 2 unspecified atom stereocenters. The first-order valence-electron chi connectivity index (χ1n) is 6.43. The molecule has 1 aliphatic rings. The summed E-state index contributed by atoms with van der Waals surface area (Å²) in [6.07, 6.45) is -5.20. The Hall–Kier alpha value is -1.80. The van der Waals surface area contributed by atoms with E-state index in [1.54, 1.807) is 0 Å². The molecule has 3 atom stereocenters. The van der Waals surface area contributed by atoms with Crippen molar-refractivity contribution in [1.82, 2.24) is 5.32 Å². The zero-order valence-electron chi connectivity index (χ0n) is 11.0. The number of carbonyl (C=O) groups excluding carboxylic acids is 1. The van der Waals surface area contributed by atoms with Crippen molar-refractivity contribution in [2.75, 3.05) is 0 Å². The maximum absolute atomic E-state index is 12.6. The number of hydrogen-bond acceptors (Lipinski definition) is 3. The standard InChI is InChI=1S/C12H16F3NO5/c13-12(14,15)7-3-1-2-6(4-7)10(19)16-8(11(20)21)5-9(17)18/h6-8H,1-5H2,(H,16,19)(H,17,18)(H,20,21)/t6?,7?,8-/m1/s1. The van der Waals surface area contributed by atoms with Crippen LogP contribution < -0.4 is 5.32 Å². The number of carboxylic acid groups (broad SMARTS) is 2. The van der Waals surface area contributed by atoms with Crippen LogP contribution in [0.5, 0.6) is 0 Å². The summed E-state index contributed by atoms with van der Waals surface area (Å²) < 4.78 is 37.9. The van der Waals surface area contributed by atoms with Crippen LogP contribution >= 0.6 is 0 Å². The van der Waals surface area contributed by atoms with Crippen molar-refractivity contribution >= 4 is 17.8 Å². The lowest BCUT2D eigenvalue weighted by atomic mass is 9.80. The smallest absolute Gasteiger partial charge is 0.391 e. The van der Waals surface area contributed by atoms with Gasteiger partial charge >= 0.3 is 18.1 Å². The third-order valence-electron chi connectivity index (χ3n) is 3.50. The lowest BCUT2D eigenvalue weighted by Gasteiger charge is -2.30. The zero-order chi connectivity index (χ0) is 16.2. The first kappa shape index (κ1) is 17.3. The van der Waals surface area contributed by atoms with E-state index in [4.69, 9.17) is 10.2 Å². The van der Waals surface area contributed by atoms with E-state index in [1.165, 1.54) is 0 Å². The number of alkyl halides is 3. The number of aliphatic carboxylic acids is 2. The van der Waals surface area contributed by atoms with Crippen LogP contribution in [0.4, 0.5) is 13.2 Å². The highest BCUT2D eigenvalue weighted by atomic mass is 19.4. The van der Waals surface area contributed by atoms with Crippen molar-refractivity contribution in [1.29, 1.82) is 0 Å². The Labute approximate surface area is 118 Å². The predicted octanol–water partition coefficient (Wildman–Crippen LogP) is 1.40. The van der Waals surface area contributed by atoms with E-state index in [0.29, 0.717) is 0 Å². The summed E-state index contributed by atoms with van der Waals surface area (Å²) in [5.74, 6) is -6.31. The summed E-state index contributed by atoms with van der Waals surface area (Å²) in [6, 6.07) is -1.64. The van der Waals surface area contributed by atoms with Gasteiger partial charge in [0.1, 0.15) is 6.04 Å². The molecule has 1 aliphatic carbocycles. The van der Waals surface area contributed by atoms with E-state index in [2.05, 4.69) is 0 Å². The molecule has 0 aromatic heterocycles. The van der Waals surface area contributed by atoms with Gasteiger partial charge in [-0.15, -0.1) is 0 Å². The van der Waals surface area contributed by atoms with Crippen molar-refractivity contribution in [2.24, 2.45) is 11.8 Å². The molecule has 9 heteroatoms. The van der Waals surface area contributed by atoms with Gasteiger partial charge < -0.3 is 15.5 Å². The van der Waals surface area contributed by atoms with E-state index in [0.717, 1.165) is 0 Å². The minimum Gasteiger partial charge on any atom is -0.481 e. The zero-order valence-corrected chi connectivity index (χ0v) is 11.0. The lowest BCUT2D eigenvalue weighted by molar-refractivity contribution is -0.186. The minimum atomic E-state index is -4.38. The number of halogens is 3. The largest absolute Gasteiger partial charge is 0.481 e. The Morgan fingerprint density at radius 3 is 2.29 bits per heavy atom.